The summed E-state index contributed by atoms with van der Waals surface area (Å²) in [6, 6.07) is 7.29. The Morgan fingerprint density at radius 3 is 2.55 bits per heavy atom. The van der Waals surface area contributed by atoms with Crippen LogP contribution in [0.15, 0.2) is 18.2 Å². The Morgan fingerprint density at radius 2 is 1.90 bits per heavy atom. The molecule has 100 valence electrons. The number of carbonyl (C=O) groups is 2. The van der Waals surface area contributed by atoms with E-state index in [-0.39, 0.29) is 30.5 Å². The molecule has 0 aromatic heterocycles. The number of fused-ring (bicyclic) bond motifs is 1. The van der Waals surface area contributed by atoms with Gasteiger partial charge in [-0.05, 0) is 24.6 Å². The van der Waals surface area contributed by atoms with Gasteiger partial charge in [0.15, 0.2) is 0 Å². The van der Waals surface area contributed by atoms with Crippen LogP contribution in [0.4, 0.5) is 4.39 Å². The zero-order valence-corrected chi connectivity index (χ0v) is 10.5. The fraction of sp³-hybridized carbons (Fsp3) is 0.286. The van der Waals surface area contributed by atoms with Crippen molar-refractivity contribution in [1.29, 1.82) is 10.5 Å². The lowest BCUT2D eigenvalue weighted by Gasteiger charge is -2.16. The summed E-state index contributed by atoms with van der Waals surface area (Å²) in [6.45, 7) is -0.0772. The van der Waals surface area contributed by atoms with Gasteiger partial charge in [0.25, 0.3) is 11.8 Å². The number of nitriles is 2. The second kappa shape index (κ2) is 5.50. The lowest BCUT2D eigenvalue weighted by atomic mass is 10.1. The molecule has 0 saturated carbocycles. The van der Waals surface area contributed by atoms with E-state index in [1.54, 1.807) is 0 Å². The van der Waals surface area contributed by atoms with Crippen molar-refractivity contribution in [2.75, 3.05) is 6.54 Å². The highest BCUT2D eigenvalue weighted by Gasteiger charge is 2.36. The maximum Gasteiger partial charge on any atom is 0.261 e. The highest BCUT2D eigenvalue weighted by molar-refractivity contribution is 6.21. The van der Waals surface area contributed by atoms with Gasteiger partial charge in [-0.3, -0.25) is 14.5 Å². The molecule has 1 aliphatic rings. The average molecular weight is 271 g/mol. The zero-order chi connectivity index (χ0) is 14.7. The Kier molecular flexibility index (Phi) is 3.76. The minimum Gasteiger partial charge on any atom is -0.273 e. The molecule has 6 heteroatoms. The van der Waals surface area contributed by atoms with Crippen molar-refractivity contribution < 1.29 is 14.0 Å². The minimum absolute atomic E-state index is 0.0203. The molecule has 0 fully saturated rings. The van der Waals surface area contributed by atoms with Crippen LogP contribution in [0.25, 0.3) is 0 Å². The number of rotatable bonds is 4. The van der Waals surface area contributed by atoms with Crippen LogP contribution < -0.4 is 0 Å². The van der Waals surface area contributed by atoms with E-state index in [2.05, 4.69) is 0 Å². The maximum absolute atomic E-state index is 13.1. The van der Waals surface area contributed by atoms with Crippen molar-refractivity contribution in [2.45, 2.75) is 12.8 Å². The quantitative estimate of drug-likeness (QED) is 0.782. The second-order valence-electron chi connectivity index (χ2n) is 4.43. The summed E-state index contributed by atoms with van der Waals surface area (Å²) in [5.41, 5.74) is 0.167. The summed E-state index contributed by atoms with van der Waals surface area (Å²) in [5, 5.41) is 17.5. The number of amides is 2. The van der Waals surface area contributed by atoms with Crippen LogP contribution in [0, 0.1) is 34.4 Å². The van der Waals surface area contributed by atoms with Crippen LogP contribution >= 0.6 is 0 Å². The Hall–Kier alpha value is -2.73. The fourth-order valence-corrected chi connectivity index (χ4v) is 2.08. The molecular formula is C14H10FN3O2. The second-order valence-corrected chi connectivity index (χ2v) is 4.43. The molecule has 2 rings (SSSR count). The van der Waals surface area contributed by atoms with Crippen molar-refractivity contribution in [3.05, 3.63) is 35.1 Å². The smallest absolute Gasteiger partial charge is 0.261 e. The summed E-state index contributed by atoms with van der Waals surface area (Å²) in [4.78, 5) is 25.0. The standard InChI is InChI=1S/C14H10FN3O2/c15-10-3-4-11-12(6-10)14(20)18(13(11)19)8-9(7-17)2-1-5-16/h3-4,6,9H,1-2,8H2/t9-/m0/s1. The molecule has 0 unspecified atom stereocenters. The molecule has 1 aliphatic heterocycles. The van der Waals surface area contributed by atoms with Gasteiger partial charge in [-0.1, -0.05) is 0 Å². The molecule has 0 bridgehead atoms. The molecule has 20 heavy (non-hydrogen) atoms. The molecule has 2 amide bonds. The summed E-state index contributed by atoms with van der Waals surface area (Å²) in [7, 11) is 0. The van der Waals surface area contributed by atoms with Gasteiger partial charge in [-0.25, -0.2) is 4.39 Å². The van der Waals surface area contributed by atoms with Crippen LogP contribution in [-0.2, 0) is 0 Å². The van der Waals surface area contributed by atoms with E-state index in [4.69, 9.17) is 10.5 Å². The molecule has 1 heterocycles. The average Bonchev–Trinajstić information content (AvgIpc) is 2.67. The van der Waals surface area contributed by atoms with Gasteiger partial charge in [0, 0.05) is 13.0 Å². The predicted octanol–water partition coefficient (Wildman–Crippen LogP) is 1.87. The van der Waals surface area contributed by atoms with Crippen molar-refractivity contribution in [1.82, 2.24) is 4.90 Å². The largest absolute Gasteiger partial charge is 0.273 e. The van der Waals surface area contributed by atoms with E-state index in [1.807, 2.05) is 12.1 Å². The topological polar surface area (TPSA) is 85.0 Å². The van der Waals surface area contributed by atoms with Gasteiger partial charge >= 0.3 is 0 Å². The van der Waals surface area contributed by atoms with Gasteiger partial charge in [0.2, 0.25) is 0 Å². The van der Waals surface area contributed by atoms with E-state index in [9.17, 15) is 14.0 Å². The monoisotopic (exact) mass is 271 g/mol. The first-order valence-electron chi connectivity index (χ1n) is 6.00. The van der Waals surface area contributed by atoms with Crippen molar-refractivity contribution in [3.63, 3.8) is 0 Å². The Morgan fingerprint density at radius 1 is 1.20 bits per heavy atom. The first-order valence-corrected chi connectivity index (χ1v) is 6.00. The molecular weight excluding hydrogens is 261 g/mol. The van der Waals surface area contributed by atoms with Crippen LogP contribution in [0.1, 0.15) is 33.6 Å². The third-order valence-corrected chi connectivity index (χ3v) is 3.12. The van der Waals surface area contributed by atoms with E-state index in [0.717, 1.165) is 17.0 Å². The van der Waals surface area contributed by atoms with Crippen molar-refractivity contribution in [2.24, 2.45) is 5.92 Å². The van der Waals surface area contributed by atoms with Gasteiger partial charge in [0.05, 0.1) is 29.2 Å². The highest BCUT2D eigenvalue weighted by Crippen LogP contribution is 2.25. The van der Waals surface area contributed by atoms with Gasteiger partial charge < -0.3 is 0 Å². The summed E-state index contributed by atoms with van der Waals surface area (Å²) < 4.78 is 13.1. The Bertz CT molecular complexity index is 657. The molecule has 1 aromatic carbocycles. The molecule has 1 atom stereocenters. The number of nitrogens with zero attached hydrogens (tertiary/aromatic N) is 3. The maximum atomic E-state index is 13.1. The Labute approximate surface area is 114 Å². The van der Waals surface area contributed by atoms with E-state index >= 15 is 0 Å². The van der Waals surface area contributed by atoms with Gasteiger partial charge in [0.1, 0.15) is 5.82 Å². The third kappa shape index (κ3) is 2.36. The SMILES string of the molecule is N#CCC[C@@H](C#N)CN1C(=O)c2ccc(F)cc2C1=O. The predicted molar refractivity (Wildman–Crippen MR) is 65.7 cm³/mol. The van der Waals surface area contributed by atoms with Crippen LogP contribution in [0.5, 0.6) is 0 Å². The number of carbonyl (C=O) groups excluding carboxylic acids is 2. The van der Waals surface area contributed by atoms with E-state index in [0.29, 0.717) is 0 Å². The minimum atomic E-state index is -0.596. The lowest BCUT2D eigenvalue weighted by molar-refractivity contribution is 0.0638. The normalized spacial score (nSPS) is 14.7. The molecule has 5 nitrogen and oxygen atoms in total. The summed E-state index contributed by atoms with van der Waals surface area (Å²) in [6.07, 6.45) is 0.463. The molecule has 0 radical (unpaired) electrons. The number of benzene rings is 1. The van der Waals surface area contributed by atoms with E-state index in [1.165, 1.54) is 6.07 Å². The lowest BCUT2D eigenvalue weighted by Crippen LogP contribution is -2.34. The highest BCUT2D eigenvalue weighted by atomic mass is 19.1. The molecule has 0 spiro atoms. The third-order valence-electron chi connectivity index (χ3n) is 3.12. The number of imide groups is 1. The zero-order valence-electron chi connectivity index (χ0n) is 10.5. The summed E-state index contributed by atoms with van der Waals surface area (Å²) >= 11 is 0. The van der Waals surface area contributed by atoms with Crippen molar-refractivity contribution in [3.8, 4) is 12.1 Å². The summed E-state index contributed by atoms with van der Waals surface area (Å²) in [5.74, 6) is -2.31. The number of hydrogen-bond acceptors (Lipinski definition) is 4. The molecule has 0 saturated heterocycles. The first kappa shape index (κ1) is 13.7. The van der Waals surface area contributed by atoms with E-state index < -0.39 is 23.5 Å². The molecule has 1 aromatic rings. The number of hydrogen-bond donors (Lipinski definition) is 0. The van der Waals surface area contributed by atoms with Crippen LogP contribution in [0.3, 0.4) is 0 Å². The Balaban J connectivity index is 2.20. The molecule has 0 aliphatic carbocycles. The first-order chi connectivity index (χ1) is 9.58. The fourth-order valence-electron chi connectivity index (χ4n) is 2.08. The number of halogens is 1. The van der Waals surface area contributed by atoms with Crippen LogP contribution in [-0.4, -0.2) is 23.3 Å². The van der Waals surface area contributed by atoms with Crippen LogP contribution in [0.2, 0.25) is 0 Å². The van der Waals surface area contributed by atoms with Crippen molar-refractivity contribution >= 4 is 11.8 Å². The van der Waals surface area contributed by atoms with Gasteiger partial charge in [-0.15, -0.1) is 0 Å². The van der Waals surface area contributed by atoms with Gasteiger partial charge in [-0.2, -0.15) is 10.5 Å². The molecule has 0 N–H and O–H groups in total.